The Morgan fingerprint density at radius 3 is 2.65 bits per heavy atom. The van der Waals surface area contributed by atoms with Crippen LogP contribution in [0.15, 0.2) is 64.5 Å². The van der Waals surface area contributed by atoms with Crippen LogP contribution < -0.4 is 14.8 Å². The van der Waals surface area contributed by atoms with Gasteiger partial charge in [-0.15, -0.1) is 0 Å². The van der Waals surface area contributed by atoms with Gasteiger partial charge in [0.1, 0.15) is 19.0 Å². The number of halogens is 1. The van der Waals surface area contributed by atoms with E-state index in [2.05, 4.69) is 31.3 Å². The van der Waals surface area contributed by atoms with Crippen LogP contribution in [0.25, 0.3) is 0 Å². The lowest BCUT2D eigenvalue weighted by Gasteiger charge is -2.28. The Bertz CT molecular complexity index is 1140. The number of carbonyl (C=O) groups excluding carboxylic acids is 1. The van der Waals surface area contributed by atoms with Gasteiger partial charge in [0.15, 0.2) is 17.3 Å². The van der Waals surface area contributed by atoms with Gasteiger partial charge in [-0.2, -0.15) is 10.1 Å². The Balaban J connectivity index is 1.68. The van der Waals surface area contributed by atoms with E-state index < -0.39 is 6.04 Å². The van der Waals surface area contributed by atoms with E-state index in [1.54, 1.807) is 11.6 Å². The van der Waals surface area contributed by atoms with E-state index in [0.717, 1.165) is 21.3 Å². The number of fused-ring (bicyclic) bond motifs is 1. The van der Waals surface area contributed by atoms with Crippen LogP contribution in [0.2, 0.25) is 0 Å². The van der Waals surface area contributed by atoms with Gasteiger partial charge in [0.05, 0.1) is 6.61 Å². The van der Waals surface area contributed by atoms with Crippen LogP contribution in [0.4, 0.5) is 5.95 Å². The topological polar surface area (TPSA) is 78.3 Å². The van der Waals surface area contributed by atoms with Crippen LogP contribution in [-0.2, 0) is 11.4 Å². The molecule has 31 heavy (non-hydrogen) atoms. The number of ether oxygens (including phenoxy) is 2. The monoisotopic (exact) mass is 482 g/mol. The molecule has 1 aliphatic rings. The highest BCUT2D eigenvalue weighted by Gasteiger charge is 2.32. The number of allylic oxidation sites excluding steroid dienone is 2. The lowest BCUT2D eigenvalue weighted by Crippen LogP contribution is -2.27. The van der Waals surface area contributed by atoms with E-state index in [0.29, 0.717) is 36.2 Å². The molecule has 4 rings (SSSR count). The Hall–Kier alpha value is -3.13. The van der Waals surface area contributed by atoms with Crippen LogP contribution in [0.1, 0.15) is 37.9 Å². The normalized spacial score (nSPS) is 15.3. The van der Waals surface area contributed by atoms with Crippen LogP contribution >= 0.6 is 15.9 Å². The zero-order valence-electron chi connectivity index (χ0n) is 17.6. The van der Waals surface area contributed by atoms with Crippen molar-refractivity contribution < 1.29 is 14.3 Å². The Morgan fingerprint density at radius 2 is 1.94 bits per heavy atom. The van der Waals surface area contributed by atoms with Gasteiger partial charge < -0.3 is 14.8 Å². The maximum absolute atomic E-state index is 12.5. The van der Waals surface area contributed by atoms with Gasteiger partial charge >= 0.3 is 0 Å². The number of carbonyl (C=O) groups is 1. The smallest absolute Gasteiger partial charge is 0.226 e. The first-order valence-electron chi connectivity index (χ1n) is 10.00. The molecule has 1 aromatic heterocycles. The van der Waals surface area contributed by atoms with Gasteiger partial charge in [-0.1, -0.05) is 34.1 Å². The molecule has 1 aliphatic heterocycles. The summed E-state index contributed by atoms with van der Waals surface area (Å²) in [4.78, 5) is 16.7. The Morgan fingerprint density at radius 1 is 1.16 bits per heavy atom. The van der Waals surface area contributed by atoms with E-state index in [-0.39, 0.29) is 5.78 Å². The molecule has 0 saturated heterocycles. The summed E-state index contributed by atoms with van der Waals surface area (Å²) >= 11 is 3.44. The number of nitrogens with one attached hydrogen (secondary N) is 1. The van der Waals surface area contributed by atoms with Crippen molar-refractivity contribution >= 4 is 27.7 Å². The maximum Gasteiger partial charge on any atom is 0.226 e. The molecule has 2 heterocycles. The maximum atomic E-state index is 12.5. The summed E-state index contributed by atoms with van der Waals surface area (Å²) in [7, 11) is 0. The van der Waals surface area contributed by atoms with Crippen LogP contribution in [0.3, 0.4) is 0 Å². The molecule has 0 fully saturated rings. The van der Waals surface area contributed by atoms with E-state index in [1.807, 2.05) is 56.3 Å². The van der Waals surface area contributed by atoms with Gasteiger partial charge in [-0.3, -0.25) is 4.79 Å². The molecule has 2 aromatic carbocycles. The second-order valence-electron chi connectivity index (χ2n) is 7.20. The molecular weight excluding hydrogens is 460 g/mol. The number of nitrogens with zero attached hydrogens (tertiary/aromatic N) is 3. The third kappa shape index (κ3) is 4.34. The van der Waals surface area contributed by atoms with Gasteiger partial charge in [-0.25, -0.2) is 4.68 Å². The fourth-order valence-corrected chi connectivity index (χ4v) is 3.94. The third-order valence-corrected chi connectivity index (χ3v) is 5.59. The van der Waals surface area contributed by atoms with Crippen molar-refractivity contribution in [1.82, 2.24) is 14.8 Å². The Labute approximate surface area is 189 Å². The molecule has 0 saturated carbocycles. The quantitative estimate of drug-likeness (QED) is 0.516. The van der Waals surface area contributed by atoms with E-state index in [9.17, 15) is 4.79 Å². The molecule has 7 nitrogen and oxygen atoms in total. The first-order valence-corrected chi connectivity index (χ1v) is 10.8. The zero-order valence-corrected chi connectivity index (χ0v) is 19.1. The summed E-state index contributed by atoms with van der Waals surface area (Å²) < 4.78 is 14.7. The van der Waals surface area contributed by atoms with Crippen molar-refractivity contribution in [3.8, 4) is 11.5 Å². The predicted molar refractivity (Wildman–Crippen MR) is 121 cm³/mol. The number of aromatic nitrogens is 3. The largest absolute Gasteiger partial charge is 0.490 e. The number of Topliss-reactive ketones (excluding diaryl/α,β-unsaturated/α-hetero) is 1. The molecule has 1 unspecified atom stereocenters. The number of ketones is 1. The second kappa shape index (κ2) is 8.93. The number of hydrogen-bond donors (Lipinski definition) is 1. The van der Waals surface area contributed by atoms with E-state index >= 15 is 0 Å². The minimum absolute atomic E-state index is 0.0234. The molecule has 0 aliphatic carbocycles. The Kier molecular flexibility index (Phi) is 6.08. The summed E-state index contributed by atoms with van der Waals surface area (Å²) in [6.45, 7) is 6.28. The summed E-state index contributed by atoms with van der Waals surface area (Å²) in [6, 6.07) is 13.3. The molecule has 1 N–H and O–H groups in total. The first kappa shape index (κ1) is 21.1. The van der Waals surface area contributed by atoms with Crippen LogP contribution in [-0.4, -0.2) is 27.2 Å². The van der Waals surface area contributed by atoms with Crippen molar-refractivity contribution in [2.75, 3.05) is 11.9 Å². The molecule has 1 atom stereocenters. The second-order valence-corrected chi connectivity index (χ2v) is 8.12. The van der Waals surface area contributed by atoms with E-state index in [4.69, 9.17) is 9.47 Å². The highest BCUT2D eigenvalue weighted by Crippen LogP contribution is 2.39. The average molecular weight is 483 g/mol. The lowest BCUT2D eigenvalue weighted by molar-refractivity contribution is -0.114. The molecular formula is C23H23BrN4O3. The minimum Gasteiger partial charge on any atom is -0.490 e. The predicted octanol–water partition coefficient (Wildman–Crippen LogP) is 4.90. The van der Waals surface area contributed by atoms with Gasteiger partial charge in [-0.05, 0) is 56.2 Å². The van der Waals surface area contributed by atoms with Gasteiger partial charge in [0.25, 0.3) is 0 Å². The van der Waals surface area contributed by atoms with Crippen molar-refractivity contribution in [1.29, 1.82) is 0 Å². The summed E-state index contributed by atoms with van der Waals surface area (Å²) in [5.41, 5.74) is 3.34. The van der Waals surface area contributed by atoms with Crippen LogP contribution in [0, 0.1) is 0 Å². The number of hydrogen-bond acceptors (Lipinski definition) is 6. The highest BCUT2D eigenvalue weighted by molar-refractivity contribution is 9.10. The van der Waals surface area contributed by atoms with Crippen LogP contribution in [0.5, 0.6) is 11.5 Å². The summed E-state index contributed by atoms with van der Waals surface area (Å²) in [6.07, 6.45) is 1.48. The lowest BCUT2D eigenvalue weighted by atomic mass is 9.93. The number of anilines is 1. The standard InChI is InChI=1S/C23H23BrN4O3/c1-4-30-20-11-17(7-10-19(20)31-12-16-5-8-18(24)9-6-16)22-21(15(3)29)14(2)27-23-25-13-26-28(22)23/h5-11,13,22H,4,12H2,1-3H3,(H,25,26,27). The molecule has 8 heteroatoms. The number of rotatable bonds is 7. The molecule has 0 spiro atoms. The summed E-state index contributed by atoms with van der Waals surface area (Å²) in [5, 5.41) is 7.50. The van der Waals surface area contributed by atoms with Crippen molar-refractivity contribution in [3.05, 3.63) is 75.7 Å². The molecule has 0 amide bonds. The fourth-order valence-electron chi connectivity index (χ4n) is 3.68. The highest BCUT2D eigenvalue weighted by atomic mass is 79.9. The zero-order chi connectivity index (χ0) is 22.0. The average Bonchev–Trinajstić information content (AvgIpc) is 3.21. The third-order valence-electron chi connectivity index (χ3n) is 5.06. The minimum atomic E-state index is -0.393. The van der Waals surface area contributed by atoms with E-state index in [1.165, 1.54) is 6.33 Å². The molecule has 0 radical (unpaired) electrons. The van der Waals surface area contributed by atoms with Gasteiger partial charge in [0, 0.05) is 15.7 Å². The van der Waals surface area contributed by atoms with Crippen molar-refractivity contribution in [2.45, 2.75) is 33.4 Å². The van der Waals surface area contributed by atoms with Gasteiger partial charge in [0.2, 0.25) is 5.95 Å². The SMILES string of the molecule is CCOc1cc(C2C(C(C)=O)=C(C)Nc3ncnn32)ccc1OCc1ccc(Br)cc1. The van der Waals surface area contributed by atoms with Crippen molar-refractivity contribution in [2.24, 2.45) is 0 Å². The molecule has 160 valence electrons. The first-order chi connectivity index (χ1) is 15.0. The molecule has 0 bridgehead atoms. The fraction of sp³-hybridized carbons (Fsp3) is 0.261. The summed E-state index contributed by atoms with van der Waals surface area (Å²) in [5.74, 6) is 1.84. The molecule has 3 aromatic rings. The van der Waals surface area contributed by atoms with Crippen molar-refractivity contribution in [3.63, 3.8) is 0 Å². The number of benzene rings is 2.